The molecule has 0 aliphatic heterocycles. The Kier molecular flexibility index (Phi) is 5.40. The van der Waals surface area contributed by atoms with Crippen molar-refractivity contribution >= 4 is 11.7 Å². The van der Waals surface area contributed by atoms with Crippen molar-refractivity contribution in [2.45, 2.75) is 33.1 Å². The number of anilines is 1. The number of carbonyl (C=O) groups excluding carboxylic acids is 1. The Bertz CT molecular complexity index is 319. The van der Waals surface area contributed by atoms with E-state index in [0.29, 0.717) is 0 Å². The van der Waals surface area contributed by atoms with Gasteiger partial charge in [-0.2, -0.15) is 0 Å². The van der Waals surface area contributed by atoms with Gasteiger partial charge in [-0.3, -0.25) is 0 Å². The number of urea groups is 1. The van der Waals surface area contributed by atoms with Crippen molar-refractivity contribution in [2.24, 2.45) is 0 Å². The van der Waals surface area contributed by atoms with E-state index in [1.54, 1.807) is 0 Å². The van der Waals surface area contributed by atoms with Crippen LogP contribution in [0.3, 0.4) is 0 Å². The number of hydrogen-bond acceptors (Lipinski definition) is 1. The molecule has 0 radical (unpaired) electrons. The molecule has 1 aromatic carbocycles. The highest BCUT2D eigenvalue weighted by atomic mass is 16.2. The highest BCUT2D eigenvalue weighted by Crippen LogP contribution is 2.09. The quantitative estimate of drug-likeness (QED) is 0.735. The van der Waals surface area contributed by atoms with E-state index in [-0.39, 0.29) is 6.03 Å². The third-order valence-corrected chi connectivity index (χ3v) is 2.44. The van der Waals surface area contributed by atoms with Crippen molar-refractivity contribution in [3.8, 4) is 0 Å². The largest absolute Gasteiger partial charge is 0.338 e. The van der Waals surface area contributed by atoms with Crippen LogP contribution < -0.4 is 10.6 Å². The van der Waals surface area contributed by atoms with Gasteiger partial charge in [-0.25, -0.2) is 4.79 Å². The number of nitrogens with one attached hydrogen (secondary N) is 2. The molecule has 0 saturated heterocycles. The van der Waals surface area contributed by atoms with Crippen molar-refractivity contribution in [3.05, 3.63) is 29.8 Å². The fourth-order valence-corrected chi connectivity index (χ4v) is 1.38. The molecule has 0 fully saturated rings. The second kappa shape index (κ2) is 6.88. The minimum Gasteiger partial charge on any atom is -0.338 e. The Labute approximate surface area is 97.2 Å². The van der Waals surface area contributed by atoms with Crippen LogP contribution in [-0.4, -0.2) is 12.6 Å². The Hall–Kier alpha value is -1.51. The molecule has 2 amide bonds. The van der Waals surface area contributed by atoms with Crippen molar-refractivity contribution in [1.29, 1.82) is 0 Å². The summed E-state index contributed by atoms with van der Waals surface area (Å²) in [7, 11) is 0. The maximum absolute atomic E-state index is 11.4. The molecule has 1 aromatic rings. The summed E-state index contributed by atoms with van der Waals surface area (Å²) in [5.41, 5.74) is 2.11. The molecule has 0 spiro atoms. The molecule has 3 nitrogen and oxygen atoms in total. The standard InChI is InChI=1S/C13H20N2O/c1-3-5-10-14-13(16)15-12-8-6-11(4-2)7-9-12/h6-9H,3-5,10H2,1-2H3,(H2,14,15,16). The Morgan fingerprint density at radius 1 is 1.19 bits per heavy atom. The van der Waals surface area contributed by atoms with E-state index in [4.69, 9.17) is 0 Å². The van der Waals surface area contributed by atoms with E-state index in [1.165, 1.54) is 5.56 Å². The molecule has 3 heteroatoms. The topological polar surface area (TPSA) is 41.1 Å². The molecule has 0 aliphatic carbocycles. The average Bonchev–Trinajstić information content (AvgIpc) is 2.30. The van der Waals surface area contributed by atoms with Gasteiger partial charge in [0.1, 0.15) is 0 Å². The van der Waals surface area contributed by atoms with Crippen LogP contribution in [0.2, 0.25) is 0 Å². The zero-order chi connectivity index (χ0) is 11.8. The monoisotopic (exact) mass is 220 g/mol. The number of amides is 2. The number of benzene rings is 1. The SMILES string of the molecule is CCCCNC(=O)Nc1ccc(CC)cc1. The molecule has 2 N–H and O–H groups in total. The van der Waals surface area contributed by atoms with E-state index in [0.717, 1.165) is 31.5 Å². The highest BCUT2D eigenvalue weighted by Gasteiger charge is 1.99. The van der Waals surface area contributed by atoms with Gasteiger partial charge in [-0.15, -0.1) is 0 Å². The summed E-state index contributed by atoms with van der Waals surface area (Å²) < 4.78 is 0. The van der Waals surface area contributed by atoms with Crippen LogP contribution in [0.25, 0.3) is 0 Å². The van der Waals surface area contributed by atoms with E-state index in [9.17, 15) is 4.79 Å². The summed E-state index contributed by atoms with van der Waals surface area (Å²) in [6.07, 6.45) is 3.12. The Morgan fingerprint density at radius 3 is 2.44 bits per heavy atom. The summed E-state index contributed by atoms with van der Waals surface area (Å²) in [5.74, 6) is 0. The van der Waals surface area contributed by atoms with Gasteiger partial charge in [0.15, 0.2) is 0 Å². The number of unbranched alkanes of at least 4 members (excludes halogenated alkanes) is 1. The van der Waals surface area contributed by atoms with E-state index in [1.807, 2.05) is 24.3 Å². The lowest BCUT2D eigenvalue weighted by molar-refractivity contribution is 0.252. The Morgan fingerprint density at radius 2 is 1.88 bits per heavy atom. The Balaban J connectivity index is 2.37. The lowest BCUT2D eigenvalue weighted by atomic mass is 10.1. The average molecular weight is 220 g/mol. The lowest BCUT2D eigenvalue weighted by Gasteiger charge is -2.07. The van der Waals surface area contributed by atoms with E-state index < -0.39 is 0 Å². The predicted octanol–water partition coefficient (Wildman–Crippen LogP) is 3.17. The minimum absolute atomic E-state index is 0.127. The van der Waals surface area contributed by atoms with Crippen LogP contribution in [0, 0.1) is 0 Å². The third kappa shape index (κ3) is 4.34. The fraction of sp³-hybridized carbons (Fsp3) is 0.462. The van der Waals surface area contributed by atoms with Gasteiger partial charge in [0, 0.05) is 12.2 Å². The molecule has 0 aromatic heterocycles. The van der Waals surface area contributed by atoms with Crippen LogP contribution >= 0.6 is 0 Å². The molecule has 0 aliphatic rings. The van der Waals surface area contributed by atoms with Crippen LogP contribution in [0.15, 0.2) is 24.3 Å². The summed E-state index contributed by atoms with van der Waals surface area (Å²) in [4.78, 5) is 11.4. The van der Waals surface area contributed by atoms with Gasteiger partial charge < -0.3 is 10.6 Å². The summed E-state index contributed by atoms with van der Waals surface area (Å²) in [6, 6.07) is 7.79. The molecule has 0 unspecified atom stereocenters. The number of aryl methyl sites for hydroxylation is 1. The maximum Gasteiger partial charge on any atom is 0.319 e. The predicted molar refractivity (Wildman–Crippen MR) is 67.7 cm³/mol. The number of rotatable bonds is 5. The minimum atomic E-state index is -0.127. The first-order valence-electron chi connectivity index (χ1n) is 5.90. The van der Waals surface area contributed by atoms with Crippen LogP contribution in [0.5, 0.6) is 0 Å². The summed E-state index contributed by atoms with van der Waals surface area (Å²) in [5, 5.41) is 5.61. The van der Waals surface area contributed by atoms with Gasteiger partial charge in [0.2, 0.25) is 0 Å². The first kappa shape index (κ1) is 12.6. The van der Waals surface area contributed by atoms with E-state index >= 15 is 0 Å². The van der Waals surface area contributed by atoms with Gasteiger partial charge in [0.05, 0.1) is 0 Å². The van der Waals surface area contributed by atoms with Gasteiger partial charge in [-0.05, 0) is 30.5 Å². The normalized spacial score (nSPS) is 9.88. The van der Waals surface area contributed by atoms with E-state index in [2.05, 4.69) is 24.5 Å². The van der Waals surface area contributed by atoms with Crippen LogP contribution in [0.4, 0.5) is 10.5 Å². The van der Waals surface area contributed by atoms with Gasteiger partial charge in [0.25, 0.3) is 0 Å². The van der Waals surface area contributed by atoms with Crippen molar-refractivity contribution in [1.82, 2.24) is 5.32 Å². The first-order chi connectivity index (χ1) is 7.76. The van der Waals surface area contributed by atoms with Gasteiger partial charge in [-0.1, -0.05) is 32.4 Å². The molecule has 88 valence electrons. The summed E-state index contributed by atoms with van der Waals surface area (Å²) >= 11 is 0. The first-order valence-corrected chi connectivity index (χ1v) is 5.90. The van der Waals surface area contributed by atoms with Crippen molar-refractivity contribution < 1.29 is 4.79 Å². The molecular weight excluding hydrogens is 200 g/mol. The van der Waals surface area contributed by atoms with Crippen LogP contribution in [0.1, 0.15) is 32.3 Å². The molecule has 1 rings (SSSR count). The second-order valence-electron chi connectivity index (χ2n) is 3.78. The fourth-order valence-electron chi connectivity index (χ4n) is 1.38. The van der Waals surface area contributed by atoms with Gasteiger partial charge >= 0.3 is 6.03 Å². The van der Waals surface area contributed by atoms with Crippen LogP contribution in [-0.2, 0) is 6.42 Å². The molecule has 0 bridgehead atoms. The number of carbonyl (C=O) groups is 1. The summed E-state index contributed by atoms with van der Waals surface area (Å²) in [6.45, 7) is 4.94. The lowest BCUT2D eigenvalue weighted by Crippen LogP contribution is -2.29. The molecule has 0 atom stereocenters. The molecule has 16 heavy (non-hydrogen) atoms. The zero-order valence-electron chi connectivity index (χ0n) is 10.0. The number of hydrogen-bond donors (Lipinski definition) is 2. The molecule has 0 saturated carbocycles. The van der Waals surface area contributed by atoms with Crippen molar-refractivity contribution in [2.75, 3.05) is 11.9 Å². The molecule has 0 heterocycles. The maximum atomic E-state index is 11.4. The zero-order valence-corrected chi connectivity index (χ0v) is 10.0. The highest BCUT2D eigenvalue weighted by molar-refractivity contribution is 5.89. The third-order valence-electron chi connectivity index (χ3n) is 2.44. The second-order valence-corrected chi connectivity index (χ2v) is 3.78. The molecular formula is C13H20N2O. The van der Waals surface area contributed by atoms with Crippen molar-refractivity contribution in [3.63, 3.8) is 0 Å². The smallest absolute Gasteiger partial charge is 0.319 e.